The Morgan fingerprint density at radius 2 is 2.18 bits per heavy atom. The largest absolute Gasteiger partial charge is 0.348 e. The Balaban J connectivity index is 2.06. The molecule has 1 aliphatic heterocycles. The van der Waals surface area contributed by atoms with E-state index in [9.17, 15) is 9.59 Å². The summed E-state index contributed by atoms with van der Waals surface area (Å²) in [6, 6.07) is 7.47. The minimum absolute atomic E-state index is 0.0601. The Bertz CT molecular complexity index is 551. The van der Waals surface area contributed by atoms with Gasteiger partial charge in [-0.2, -0.15) is 0 Å². The van der Waals surface area contributed by atoms with Crippen LogP contribution in [0.4, 0.5) is 5.69 Å². The van der Waals surface area contributed by atoms with Gasteiger partial charge in [-0.1, -0.05) is 19.1 Å². The summed E-state index contributed by atoms with van der Waals surface area (Å²) in [5.41, 5.74) is 1.29. The molecular formula is C17H25N3O2. The van der Waals surface area contributed by atoms with E-state index in [4.69, 9.17) is 0 Å². The summed E-state index contributed by atoms with van der Waals surface area (Å²) in [6.07, 6.45) is 2.71. The first-order valence-corrected chi connectivity index (χ1v) is 7.90. The third kappa shape index (κ3) is 3.65. The molecule has 2 unspecified atom stereocenters. The molecule has 0 spiro atoms. The van der Waals surface area contributed by atoms with Crippen molar-refractivity contribution in [1.29, 1.82) is 0 Å². The van der Waals surface area contributed by atoms with E-state index in [1.165, 1.54) is 6.92 Å². The lowest BCUT2D eigenvalue weighted by Crippen LogP contribution is -2.53. The maximum atomic E-state index is 12.6. The van der Waals surface area contributed by atoms with Gasteiger partial charge in [-0.05, 0) is 50.4 Å². The van der Waals surface area contributed by atoms with Crippen LogP contribution in [0.2, 0.25) is 0 Å². The van der Waals surface area contributed by atoms with Crippen molar-refractivity contribution in [2.45, 2.75) is 51.6 Å². The molecule has 0 aromatic heterocycles. The van der Waals surface area contributed by atoms with Crippen LogP contribution in [-0.2, 0) is 9.59 Å². The highest BCUT2D eigenvalue weighted by Crippen LogP contribution is 2.25. The second-order valence-electron chi connectivity index (χ2n) is 5.97. The molecule has 1 aromatic carbocycles. The number of nitrogens with one attached hydrogen (secondary N) is 3. The number of hydrogen-bond donors (Lipinski definition) is 3. The van der Waals surface area contributed by atoms with Crippen molar-refractivity contribution in [2.24, 2.45) is 0 Å². The average molecular weight is 303 g/mol. The van der Waals surface area contributed by atoms with Gasteiger partial charge in [0, 0.05) is 12.6 Å². The van der Waals surface area contributed by atoms with Crippen molar-refractivity contribution in [3.63, 3.8) is 0 Å². The quantitative estimate of drug-likeness (QED) is 0.782. The van der Waals surface area contributed by atoms with Crippen LogP contribution in [0.5, 0.6) is 0 Å². The van der Waals surface area contributed by atoms with Gasteiger partial charge in [0.1, 0.15) is 0 Å². The van der Waals surface area contributed by atoms with Crippen molar-refractivity contribution in [3.8, 4) is 0 Å². The van der Waals surface area contributed by atoms with Gasteiger partial charge >= 0.3 is 0 Å². The van der Waals surface area contributed by atoms with Gasteiger partial charge < -0.3 is 16.0 Å². The molecule has 1 fully saturated rings. The fraction of sp³-hybridized carbons (Fsp3) is 0.529. The molecule has 0 saturated carbocycles. The molecule has 1 saturated heterocycles. The molecule has 1 aromatic rings. The van der Waals surface area contributed by atoms with Crippen LogP contribution in [0.25, 0.3) is 0 Å². The van der Waals surface area contributed by atoms with E-state index >= 15 is 0 Å². The zero-order chi connectivity index (χ0) is 16.2. The van der Waals surface area contributed by atoms with Gasteiger partial charge in [-0.25, -0.2) is 0 Å². The summed E-state index contributed by atoms with van der Waals surface area (Å²) >= 11 is 0. The smallest absolute Gasteiger partial charge is 0.240 e. The second-order valence-corrected chi connectivity index (χ2v) is 5.97. The van der Waals surface area contributed by atoms with E-state index in [2.05, 4.69) is 16.0 Å². The maximum Gasteiger partial charge on any atom is 0.240 e. The number of hydrogen-bond acceptors (Lipinski definition) is 3. The van der Waals surface area contributed by atoms with E-state index in [-0.39, 0.29) is 17.9 Å². The fourth-order valence-corrected chi connectivity index (χ4v) is 2.97. The van der Waals surface area contributed by atoms with Crippen molar-refractivity contribution in [1.82, 2.24) is 10.6 Å². The first-order valence-electron chi connectivity index (χ1n) is 7.90. The van der Waals surface area contributed by atoms with Crippen molar-refractivity contribution >= 4 is 17.5 Å². The molecule has 120 valence electrons. The van der Waals surface area contributed by atoms with Crippen LogP contribution in [0, 0.1) is 0 Å². The standard InChI is InChI=1S/C17H25N3O2/c1-4-17(9-6-10-18-17)16(22)19-12(2)14-7-5-8-15(11-14)20-13(3)21/h5,7-8,11-12,18H,4,6,9-10H2,1-3H3,(H,19,22)(H,20,21). The monoisotopic (exact) mass is 303 g/mol. The fourth-order valence-electron chi connectivity index (χ4n) is 2.97. The molecule has 5 heteroatoms. The number of amides is 2. The van der Waals surface area contributed by atoms with E-state index in [0.29, 0.717) is 0 Å². The number of anilines is 1. The van der Waals surface area contributed by atoms with Gasteiger partial charge in [0.2, 0.25) is 11.8 Å². The van der Waals surface area contributed by atoms with Gasteiger partial charge in [-0.3, -0.25) is 9.59 Å². The predicted molar refractivity (Wildman–Crippen MR) is 87.6 cm³/mol. The second kappa shape index (κ2) is 6.92. The van der Waals surface area contributed by atoms with Gasteiger partial charge in [0.15, 0.2) is 0 Å². The molecule has 1 aliphatic rings. The van der Waals surface area contributed by atoms with E-state index in [1.54, 1.807) is 0 Å². The first kappa shape index (κ1) is 16.5. The molecule has 5 nitrogen and oxygen atoms in total. The summed E-state index contributed by atoms with van der Waals surface area (Å²) in [4.78, 5) is 23.7. The van der Waals surface area contributed by atoms with Crippen LogP contribution in [0.3, 0.4) is 0 Å². The van der Waals surface area contributed by atoms with Gasteiger partial charge in [0.05, 0.1) is 11.6 Å². The highest BCUT2D eigenvalue weighted by atomic mass is 16.2. The zero-order valence-corrected chi connectivity index (χ0v) is 13.5. The predicted octanol–water partition coefficient (Wildman–Crippen LogP) is 2.35. The molecule has 3 N–H and O–H groups in total. The molecule has 2 atom stereocenters. The van der Waals surface area contributed by atoms with Crippen LogP contribution in [0.15, 0.2) is 24.3 Å². The molecule has 2 amide bonds. The number of rotatable bonds is 5. The molecule has 22 heavy (non-hydrogen) atoms. The highest BCUT2D eigenvalue weighted by molar-refractivity contribution is 5.89. The lowest BCUT2D eigenvalue weighted by atomic mass is 9.92. The lowest BCUT2D eigenvalue weighted by Gasteiger charge is -2.29. The van der Waals surface area contributed by atoms with Crippen LogP contribution >= 0.6 is 0 Å². The number of carbonyl (C=O) groups excluding carboxylic acids is 2. The number of benzene rings is 1. The maximum absolute atomic E-state index is 12.6. The minimum Gasteiger partial charge on any atom is -0.348 e. The summed E-state index contributed by atoms with van der Waals surface area (Å²) < 4.78 is 0. The van der Waals surface area contributed by atoms with Gasteiger partial charge in [0.25, 0.3) is 0 Å². The topological polar surface area (TPSA) is 70.2 Å². The zero-order valence-electron chi connectivity index (χ0n) is 13.5. The van der Waals surface area contributed by atoms with Gasteiger partial charge in [-0.15, -0.1) is 0 Å². The Morgan fingerprint density at radius 3 is 2.77 bits per heavy atom. The Labute approximate surface area is 131 Å². The summed E-state index contributed by atoms with van der Waals surface area (Å²) in [7, 11) is 0. The molecular weight excluding hydrogens is 278 g/mol. The SMILES string of the molecule is CCC1(C(=O)NC(C)c2cccc(NC(C)=O)c2)CCCN1. The summed E-state index contributed by atoms with van der Waals surface area (Å²) in [6.45, 7) is 6.38. The van der Waals surface area contributed by atoms with Crippen LogP contribution < -0.4 is 16.0 Å². The highest BCUT2D eigenvalue weighted by Gasteiger charge is 2.39. The third-order valence-electron chi connectivity index (χ3n) is 4.34. The van der Waals surface area contributed by atoms with E-state index in [1.807, 2.05) is 38.1 Å². The lowest BCUT2D eigenvalue weighted by molar-refractivity contribution is -0.128. The van der Waals surface area contributed by atoms with Crippen LogP contribution in [0.1, 0.15) is 51.6 Å². The van der Waals surface area contributed by atoms with Crippen molar-refractivity contribution in [3.05, 3.63) is 29.8 Å². The summed E-state index contributed by atoms with van der Waals surface area (Å²) in [5.74, 6) is -0.0427. The Morgan fingerprint density at radius 1 is 1.41 bits per heavy atom. The molecule has 1 heterocycles. The Hall–Kier alpha value is -1.88. The normalized spacial score (nSPS) is 22.1. The molecule has 0 aliphatic carbocycles. The molecule has 0 bridgehead atoms. The summed E-state index contributed by atoms with van der Waals surface area (Å²) in [5, 5.41) is 9.20. The molecule has 0 radical (unpaired) electrons. The minimum atomic E-state index is -0.427. The third-order valence-corrected chi connectivity index (χ3v) is 4.34. The Kier molecular flexibility index (Phi) is 5.19. The molecule has 2 rings (SSSR count). The van der Waals surface area contributed by atoms with E-state index in [0.717, 1.165) is 37.1 Å². The first-order chi connectivity index (χ1) is 10.5. The van der Waals surface area contributed by atoms with Crippen LogP contribution in [-0.4, -0.2) is 23.9 Å². The van der Waals surface area contributed by atoms with Crippen molar-refractivity contribution in [2.75, 3.05) is 11.9 Å². The number of carbonyl (C=O) groups is 2. The average Bonchev–Trinajstić information content (AvgIpc) is 2.97. The van der Waals surface area contributed by atoms with Crippen molar-refractivity contribution < 1.29 is 9.59 Å². The van der Waals surface area contributed by atoms with E-state index < -0.39 is 5.54 Å².